The van der Waals surface area contributed by atoms with E-state index in [0.29, 0.717) is 42.6 Å². The summed E-state index contributed by atoms with van der Waals surface area (Å²) < 4.78 is 0. The van der Waals surface area contributed by atoms with Gasteiger partial charge in [-0.1, -0.05) is 11.6 Å². The third-order valence-electron chi connectivity index (χ3n) is 3.86. The van der Waals surface area contributed by atoms with Crippen LogP contribution < -0.4 is 10.5 Å². The Morgan fingerprint density at radius 1 is 1.21 bits per heavy atom. The van der Waals surface area contributed by atoms with E-state index in [2.05, 4.69) is 9.97 Å². The first-order chi connectivity index (χ1) is 11.6. The van der Waals surface area contributed by atoms with E-state index in [1.54, 1.807) is 17.0 Å². The third kappa shape index (κ3) is 3.24. The lowest BCUT2D eigenvalue weighted by molar-refractivity contribution is 0.0746. The van der Waals surface area contributed by atoms with Crippen LogP contribution in [-0.2, 0) is 0 Å². The van der Waals surface area contributed by atoms with Gasteiger partial charge in [0.2, 0.25) is 5.56 Å². The molecule has 0 unspecified atom stereocenters. The number of carbonyl (C=O) groups excluding carboxylic acids is 1. The Labute approximate surface area is 143 Å². The van der Waals surface area contributed by atoms with Gasteiger partial charge in [0.05, 0.1) is 10.6 Å². The molecule has 1 N–H and O–H groups in total. The summed E-state index contributed by atoms with van der Waals surface area (Å²) >= 11 is 5.90. The summed E-state index contributed by atoms with van der Waals surface area (Å²) in [7, 11) is 0. The summed E-state index contributed by atoms with van der Waals surface area (Å²) in [5, 5.41) is 9.34. The maximum atomic E-state index is 12.4. The zero-order valence-electron chi connectivity index (χ0n) is 12.7. The fraction of sp³-hybridized carbons (Fsp3) is 0.250. The second-order valence-corrected chi connectivity index (χ2v) is 5.74. The second-order valence-electron chi connectivity index (χ2n) is 5.33. The molecule has 1 aliphatic rings. The van der Waals surface area contributed by atoms with Crippen molar-refractivity contribution in [2.24, 2.45) is 0 Å². The van der Waals surface area contributed by atoms with Crippen molar-refractivity contribution in [3.05, 3.63) is 57.1 Å². The minimum atomic E-state index is -0.238. The van der Waals surface area contributed by atoms with Gasteiger partial charge in [0.15, 0.2) is 5.69 Å². The number of H-pyrrole nitrogens is 1. The van der Waals surface area contributed by atoms with Crippen molar-refractivity contribution in [3.63, 3.8) is 0 Å². The van der Waals surface area contributed by atoms with E-state index in [9.17, 15) is 9.59 Å². The summed E-state index contributed by atoms with van der Waals surface area (Å²) in [4.78, 5) is 34.0. The van der Waals surface area contributed by atoms with Crippen LogP contribution in [0.2, 0.25) is 5.02 Å². The van der Waals surface area contributed by atoms with Gasteiger partial charge in [0.1, 0.15) is 11.9 Å². The molecule has 3 heterocycles. The van der Waals surface area contributed by atoms with E-state index < -0.39 is 0 Å². The Bertz CT molecular complexity index is 845. The number of hydrogen-bond donors (Lipinski definition) is 1. The van der Waals surface area contributed by atoms with Crippen LogP contribution in [0, 0.1) is 11.3 Å². The number of piperazine rings is 1. The normalized spacial score (nSPS) is 14.3. The van der Waals surface area contributed by atoms with Crippen LogP contribution in [0.3, 0.4) is 0 Å². The monoisotopic (exact) mass is 343 g/mol. The number of nitrogens with zero attached hydrogens (tertiary/aromatic N) is 4. The smallest absolute Gasteiger partial charge is 0.255 e. The predicted octanol–water partition coefficient (Wildman–Crippen LogP) is 1.26. The van der Waals surface area contributed by atoms with Gasteiger partial charge >= 0.3 is 0 Å². The maximum Gasteiger partial charge on any atom is 0.255 e. The third-order valence-corrected chi connectivity index (χ3v) is 4.16. The lowest BCUT2D eigenvalue weighted by Gasteiger charge is -2.35. The minimum Gasteiger partial charge on any atom is -0.353 e. The van der Waals surface area contributed by atoms with Crippen LogP contribution in [-0.4, -0.2) is 47.0 Å². The fourth-order valence-corrected chi connectivity index (χ4v) is 2.70. The lowest BCUT2D eigenvalue weighted by Crippen LogP contribution is -2.49. The average Bonchev–Trinajstić information content (AvgIpc) is 2.62. The number of amides is 1. The van der Waals surface area contributed by atoms with Gasteiger partial charge in [-0.15, -0.1) is 0 Å². The molecule has 0 aromatic carbocycles. The zero-order valence-corrected chi connectivity index (χ0v) is 13.5. The number of hydrogen-bond acceptors (Lipinski definition) is 5. The molecule has 0 atom stereocenters. The quantitative estimate of drug-likeness (QED) is 0.886. The lowest BCUT2D eigenvalue weighted by atomic mass is 10.2. The predicted molar refractivity (Wildman–Crippen MR) is 89.1 cm³/mol. The van der Waals surface area contributed by atoms with Crippen molar-refractivity contribution in [2.45, 2.75) is 0 Å². The molecule has 0 aliphatic carbocycles. The Morgan fingerprint density at radius 2 is 1.96 bits per heavy atom. The number of aromatic nitrogens is 2. The van der Waals surface area contributed by atoms with E-state index in [1.807, 2.05) is 11.0 Å². The van der Waals surface area contributed by atoms with Gasteiger partial charge in [0.25, 0.3) is 5.91 Å². The van der Waals surface area contributed by atoms with Crippen molar-refractivity contribution in [1.82, 2.24) is 14.9 Å². The molecule has 122 valence electrons. The van der Waals surface area contributed by atoms with Crippen LogP contribution in [0.4, 0.5) is 5.82 Å². The highest BCUT2D eigenvalue weighted by Crippen LogP contribution is 2.20. The van der Waals surface area contributed by atoms with Gasteiger partial charge in [-0.05, 0) is 18.2 Å². The fourth-order valence-electron chi connectivity index (χ4n) is 2.55. The topological polar surface area (TPSA) is 93.1 Å². The first-order valence-electron chi connectivity index (χ1n) is 7.38. The molecule has 0 spiro atoms. The number of halogens is 1. The number of nitriles is 1. The van der Waals surface area contributed by atoms with Crippen molar-refractivity contribution < 1.29 is 4.79 Å². The number of nitrogens with one attached hydrogen (secondary N) is 1. The summed E-state index contributed by atoms with van der Waals surface area (Å²) in [6, 6.07) is 8.24. The molecule has 2 aromatic rings. The molecular weight excluding hydrogens is 330 g/mol. The number of rotatable bonds is 2. The largest absolute Gasteiger partial charge is 0.353 e. The molecular formula is C16H14ClN5O2. The van der Waals surface area contributed by atoms with Gasteiger partial charge < -0.3 is 14.8 Å². The first kappa shape index (κ1) is 16.0. The second kappa shape index (κ2) is 6.72. The van der Waals surface area contributed by atoms with E-state index in [4.69, 9.17) is 16.9 Å². The Hall–Kier alpha value is -2.85. The molecule has 0 radical (unpaired) electrons. The van der Waals surface area contributed by atoms with E-state index in [1.165, 1.54) is 18.3 Å². The Morgan fingerprint density at radius 3 is 2.58 bits per heavy atom. The van der Waals surface area contributed by atoms with Crippen molar-refractivity contribution in [2.75, 3.05) is 31.1 Å². The number of anilines is 1. The van der Waals surface area contributed by atoms with Crippen LogP contribution in [0.1, 0.15) is 16.1 Å². The summed E-state index contributed by atoms with van der Waals surface area (Å²) in [5.74, 6) is 0.555. The molecule has 7 nitrogen and oxygen atoms in total. The number of aromatic amines is 1. The van der Waals surface area contributed by atoms with Crippen molar-refractivity contribution in [1.29, 1.82) is 5.26 Å². The molecule has 1 amide bonds. The highest BCUT2D eigenvalue weighted by molar-refractivity contribution is 6.31. The molecule has 1 saturated heterocycles. The Kier molecular flexibility index (Phi) is 4.49. The summed E-state index contributed by atoms with van der Waals surface area (Å²) in [6.45, 7) is 2.28. The molecule has 0 saturated carbocycles. The molecule has 2 aromatic heterocycles. The highest BCUT2D eigenvalue weighted by atomic mass is 35.5. The highest BCUT2D eigenvalue weighted by Gasteiger charge is 2.23. The molecule has 24 heavy (non-hydrogen) atoms. The van der Waals surface area contributed by atoms with Gasteiger partial charge in [-0.2, -0.15) is 5.26 Å². The van der Waals surface area contributed by atoms with Crippen LogP contribution in [0.15, 0.2) is 35.3 Å². The molecule has 8 heteroatoms. The van der Waals surface area contributed by atoms with Gasteiger partial charge in [0, 0.05) is 38.4 Å². The van der Waals surface area contributed by atoms with Crippen molar-refractivity contribution >= 4 is 23.3 Å². The zero-order chi connectivity index (χ0) is 17.1. The minimum absolute atomic E-state index is 0.118. The molecule has 1 fully saturated rings. The maximum absolute atomic E-state index is 12.4. The van der Waals surface area contributed by atoms with Gasteiger partial charge in [-0.3, -0.25) is 9.59 Å². The standard InChI is InChI=1S/C16H14ClN5O2/c17-12-2-3-14(20-13(12)9-18)21-5-7-22(8-6-21)16(24)11-1-4-15(23)19-10-11/h1-4,10H,5-8H2,(H,19,23). The molecule has 0 bridgehead atoms. The van der Waals surface area contributed by atoms with E-state index >= 15 is 0 Å². The Balaban J connectivity index is 1.67. The summed E-state index contributed by atoms with van der Waals surface area (Å²) in [5.41, 5.74) is 0.416. The SMILES string of the molecule is N#Cc1nc(N2CCN(C(=O)c3ccc(=O)[nH]c3)CC2)ccc1Cl. The molecule has 1 aliphatic heterocycles. The molecule has 3 rings (SSSR count). The van der Waals surface area contributed by atoms with Crippen molar-refractivity contribution in [3.8, 4) is 6.07 Å². The average molecular weight is 344 g/mol. The van der Waals surface area contributed by atoms with E-state index in [-0.39, 0.29) is 17.2 Å². The first-order valence-corrected chi connectivity index (χ1v) is 7.76. The van der Waals surface area contributed by atoms with Crippen LogP contribution in [0.25, 0.3) is 0 Å². The summed E-state index contributed by atoms with van der Waals surface area (Å²) in [6.07, 6.45) is 1.43. The number of pyridine rings is 2. The number of carbonyl (C=O) groups is 1. The van der Waals surface area contributed by atoms with Crippen LogP contribution in [0.5, 0.6) is 0 Å². The van der Waals surface area contributed by atoms with Gasteiger partial charge in [-0.25, -0.2) is 4.98 Å². The van der Waals surface area contributed by atoms with Crippen LogP contribution >= 0.6 is 11.6 Å². The van der Waals surface area contributed by atoms with E-state index in [0.717, 1.165) is 0 Å².